The maximum Gasteiger partial charge on any atom is 0.338 e. The van der Waals surface area contributed by atoms with Gasteiger partial charge in [0.25, 0.3) is 0 Å². The number of carbonyl (C=O) groups is 3. The van der Waals surface area contributed by atoms with Gasteiger partial charge < -0.3 is 15.8 Å². The van der Waals surface area contributed by atoms with Crippen LogP contribution in [0.3, 0.4) is 0 Å². The zero-order valence-corrected chi connectivity index (χ0v) is 14.3. The second kappa shape index (κ2) is 7.82. The number of Topliss-reactive ketones (excluding diaryl/α,β-unsaturated/α-hetero) is 1. The van der Waals surface area contributed by atoms with Gasteiger partial charge in [-0.25, -0.2) is 9.59 Å². The van der Waals surface area contributed by atoms with Gasteiger partial charge in [0.2, 0.25) is 0 Å². The van der Waals surface area contributed by atoms with E-state index in [0.717, 1.165) is 19.3 Å². The van der Waals surface area contributed by atoms with E-state index in [2.05, 4.69) is 5.32 Å². The number of nitrogens with one attached hydrogen (secondary N) is 1. The van der Waals surface area contributed by atoms with Crippen molar-refractivity contribution in [3.8, 4) is 0 Å². The molecule has 1 aliphatic rings. The van der Waals surface area contributed by atoms with E-state index in [0.29, 0.717) is 16.8 Å². The fourth-order valence-electron chi connectivity index (χ4n) is 3.04. The van der Waals surface area contributed by atoms with E-state index in [1.165, 1.54) is 41.8 Å². The lowest BCUT2D eigenvalue weighted by atomic mass is 9.90. The Labute approximate surface area is 151 Å². The van der Waals surface area contributed by atoms with Crippen molar-refractivity contribution in [3.05, 3.63) is 64.7 Å². The van der Waals surface area contributed by atoms with Crippen LogP contribution in [0.25, 0.3) is 0 Å². The molecule has 0 bridgehead atoms. The number of hydrogen-bond donors (Lipinski definition) is 2. The van der Waals surface area contributed by atoms with Gasteiger partial charge in [-0.05, 0) is 67.1 Å². The van der Waals surface area contributed by atoms with Crippen LogP contribution in [0.4, 0.5) is 10.5 Å². The zero-order chi connectivity index (χ0) is 18.5. The van der Waals surface area contributed by atoms with Gasteiger partial charge in [-0.15, -0.1) is 0 Å². The molecule has 0 fully saturated rings. The minimum atomic E-state index is -0.684. The highest BCUT2D eigenvalue weighted by atomic mass is 16.5. The Morgan fingerprint density at radius 2 is 1.58 bits per heavy atom. The highest BCUT2D eigenvalue weighted by molar-refractivity contribution is 5.99. The SMILES string of the molecule is NC(=O)Nc1ccc(C(=O)OCC(=O)c2ccc3c(c2)CCCC3)cc1. The first-order valence-corrected chi connectivity index (χ1v) is 8.51. The van der Waals surface area contributed by atoms with Gasteiger partial charge in [-0.3, -0.25) is 4.79 Å². The summed E-state index contributed by atoms with van der Waals surface area (Å²) in [5.74, 6) is -0.819. The van der Waals surface area contributed by atoms with Crippen molar-refractivity contribution < 1.29 is 19.1 Å². The molecule has 2 amide bonds. The van der Waals surface area contributed by atoms with Gasteiger partial charge >= 0.3 is 12.0 Å². The lowest BCUT2D eigenvalue weighted by Gasteiger charge is -2.16. The van der Waals surface area contributed by atoms with Crippen molar-refractivity contribution in [2.75, 3.05) is 11.9 Å². The molecule has 6 nitrogen and oxygen atoms in total. The van der Waals surface area contributed by atoms with E-state index in [1.54, 1.807) is 6.07 Å². The molecule has 0 heterocycles. The van der Waals surface area contributed by atoms with Crippen LogP contribution in [0.2, 0.25) is 0 Å². The van der Waals surface area contributed by atoms with Crippen LogP contribution in [-0.4, -0.2) is 24.4 Å². The number of hydrogen-bond acceptors (Lipinski definition) is 4. The monoisotopic (exact) mass is 352 g/mol. The molecule has 0 saturated heterocycles. The van der Waals surface area contributed by atoms with Crippen LogP contribution >= 0.6 is 0 Å². The predicted octanol–water partition coefficient (Wildman–Crippen LogP) is 3.10. The summed E-state index contributed by atoms with van der Waals surface area (Å²) >= 11 is 0. The van der Waals surface area contributed by atoms with E-state index < -0.39 is 12.0 Å². The average Bonchev–Trinajstić information content (AvgIpc) is 2.65. The van der Waals surface area contributed by atoms with Crippen molar-refractivity contribution >= 4 is 23.5 Å². The van der Waals surface area contributed by atoms with Crippen molar-refractivity contribution in [2.45, 2.75) is 25.7 Å². The molecule has 0 atom stereocenters. The number of nitrogens with two attached hydrogens (primary N) is 1. The predicted molar refractivity (Wildman–Crippen MR) is 97.3 cm³/mol. The van der Waals surface area contributed by atoms with E-state index in [1.807, 2.05) is 12.1 Å². The Morgan fingerprint density at radius 3 is 2.27 bits per heavy atom. The van der Waals surface area contributed by atoms with Crippen LogP contribution in [0, 0.1) is 0 Å². The molecule has 0 unspecified atom stereocenters. The third-order valence-electron chi connectivity index (χ3n) is 4.39. The summed E-state index contributed by atoms with van der Waals surface area (Å²) in [6.45, 7) is -0.307. The number of benzene rings is 2. The molecule has 26 heavy (non-hydrogen) atoms. The number of rotatable bonds is 5. The molecule has 2 aromatic rings. The van der Waals surface area contributed by atoms with Gasteiger partial charge in [-0.2, -0.15) is 0 Å². The molecule has 1 aliphatic carbocycles. The molecule has 0 radical (unpaired) electrons. The topological polar surface area (TPSA) is 98.5 Å². The molecule has 0 spiro atoms. The number of esters is 1. The van der Waals surface area contributed by atoms with E-state index in [-0.39, 0.29) is 12.4 Å². The maximum atomic E-state index is 12.3. The molecule has 3 N–H and O–H groups in total. The maximum absolute atomic E-state index is 12.3. The Balaban J connectivity index is 1.58. The summed E-state index contributed by atoms with van der Waals surface area (Å²) < 4.78 is 5.11. The number of ether oxygens (including phenoxy) is 1. The van der Waals surface area contributed by atoms with E-state index in [9.17, 15) is 14.4 Å². The first kappa shape index (κ1) is 17.7. The lowest BCUT2D eigenvalue weighted by Crippen LogP contribution is -2.19. The summed E-state index contributed by atoms with van der Waals surface area (Å²) in [5.41, 5.74) is 8.87. The summed E-state index contributed by atoms with van der Waals surface area (Å²) in [6.07, 6.45) is 4.37. The molecule has 3 rings (SSSR count). The molecule has 2 aromatic carbocycles. The Hall–Kier alpha value is -3.15. The molecule has 6 heteroatoms. The quantitative estimate of drug-likeness (QED) is 0.638. The number of anilines is 1. The molecular weight excluding hydrogens is 332 g/mol. The van der Waals surface area contributed by atoms with E-state index in [4.69, 9.17) is 10.5 Å². The number of ketones is 1. The van der Waals surface area contributed by atoms with Gasteiger partial charge in [0.15, 0.2) is 12.4 Å². The number of amides is 2. The van der Waals surface area contributed by atoms with Crippen LogP contribution in [0.5, 0.6) is 0 Å². The number of fused-ring (bicyclic) bond motifs is 1. The third-order valence-corrected chi connectivity index (χ3v) is 4.39. The summed E-state index contributed by atoms with van der Waals surface area (Å²) in [7, 11) is 0. The van der Waals surface area contributed by atoms with Crippen molar-refractivity contribution in [1.29, 1.82) is 0 Å². The van der Waals surface area contributed by atoms with Crippen molar-refractivity contribution in [3.63, 3.8) is 0 Å². The fourth-order valence-corrected chi connectivity index (χ4v) is 3.04. The zero-order valence-electron chi connectivity index (χ0n) is 14.3. The Morgan fingerprint density at radius 1 is 0.923 bits per heavy atom. The summed E-state index contributed by atoms with van der Waals surface area (Å²) in [5, 5.41) is 2.40. The van der Waals surface area contributed by atoms with E-state index >= 15 is 0 Å². The standard InChI is InChI=1S/C20H20N2O4/c21-20(25)22-17-9-7-14(8-10-17)19(24)26-12-18(23)16-6-5-13-3-1-2-4-15(13)11-16/h5-11H,1-4,12H2,(H3,21,22,25). The largest absolute Gasteiger partial charge is 0.454 e. The highest BCUT2D eigenvalue weighted by Gasteiger charge is 2.15. The van der Waals surface area contributed by atoms with Gasteiger partial charge in [-0.1, -0.05) is 12.1 Å². The van der Waals surface area contributed by atoms with Gasteiger partial charge in [0, 0.05) is 11.3 Å². The van der Waals surface area contributed by atoms with Crippen LogP contribution in [-0.2, 0) is 17.6 Å². The van der Waals surface area contributed by atoms with Crippen molar-refractivity contribution in [1.82, 2.24) is 0 Å². The summed E-state index contributed by atoms with van der Waals surface area (Å²) in [6, 6.07) is 11.1. The van der Waals surface area contributed by atoms with Crippen LogP contribution < -0.4 is 11.1 Å². The normalized spacial score (nSPS) is 12.8. The third kappa shape index (κ3) is 4.27. The second-order valence-corrected chi connectivity index (χ2v) is 6.26. The molecular formula is C20H20N2O4. The summed E-state index contributed by atoms with van der Waals surface area (Å²) in [4.78, 5) is 35.1. The molecule has 0 saturated carbocycles. The number of urea groups is 1. The number of primary amides is 1. The van der Waals surface area contributed by atoms with Crippen LogP contribution in [0.15, 0.2) is 42.5 Å². The lowest BCUT2D eigenvalue weighted by molar-refractivity contribution is 0.0475. The average molecular weight is 352 g/mol. The Kier molecular flexibility index (Phi) is 5.31. The molecule has 0 aromatic heterocycles. The number of carbonyl (C=O) groups excluding carboxylic acids is 3. The first-order chi connectivity index (χ1) is 12.5. The van der Waals surface area contributed by atoms with Gasteiger partial charge in [0.1, 0.15) is 0 Å². The van der Waals surface area contributed by atoms with Crippen molar-refractivity contribution in [2.24, 2.45) is 5.73 Å². The first-order valence-electron chi connectivity index (χ1n) is 8.51. The highest BCUT2D eigenvalue weighted by Crippen LogP contribution is 2.22. The molecule has 134 valence electrons. The van der Waals surface area contributed by atoms with Crippen LogP contribution in [0.1, 0.15) is 44.7 Å². The smallest absolute Gasteiger partial charge is 0.338 e. The Bertz CT molecular complexity index is 843. The minimum absolute atomic E-state index is 0.223. The van der Waals surface area contributed by atoms with Gasteiger partial charge in [0.05, 0.1) is 5.56 Å². The minimum Gasteiger partial charge on any atom is -0.454 e. The molecule has 0 aliphatic heterocycles. The number of aryl methyl sites for hydroxylation is 2. The fraction of sp³-hybridized carbons (Fsp3) is 0.250. The second-order valence-electron chi connectivity index (χ2n) is 6.26.